The van der Waals surface area contributed by atoms with Gasteiger partial charge in [-0.15, -0.1) is 23.1 Å². The molecule has 19 heavy (non-hydrogen) atoms. The van der Waals surface area contributed by atoms with Crippen LogP contribution in [0.3, 0.4) is 0 Å². The van der Waals surface area contributed by atoms with Crippen LogP contribution >= 0.6 is 39.0 Å². The van der Waals surface area contributed by atoms with E-state index in [-0.39, 0.29) is 6.04 Å². The molecule has 3 nitrogen and oxygen atoms in total. The van der Waals surface area contributed by atoms with Crippen molar-refractivity contribution < 1.29 is 0 Å². The van der Waals surface area contributed by atoms with Crippen molar-refractivity contribution in [2.45, 2.75) is 24.3 Å². The standard InChI is InChI=1S/C13H16BrN3S2/c1-9-16-11(7-18-9)6-12(17-15)8-19-13-4-2-3-10(14)5-13/h2-5,7,12,17H,6,8,15H2,1H3. The highest BCUT2D eigenvalue weighted by molar-refractivity contribution is 9.10. The first-order chi connectivity index (χ1) is 9.17. The average molecular weight is 358 g/mol. The lowest BCUT2D eigenvalue weighted by Crippen LogP contribution is -2.38. The summed E-state index contributed by atoms with van der Waals surface area (Å²) in [4.78, 5) is 5.71. The number of hydrogen-bond donors (Lipinski definition) is 2. The second-order valence-corrected chi connectivity index (χ2v) is 7.27. The van der Waals surface area contributed by atoms with Crippen molar-refractivity contribution in [3.8, 4) is 0 Å². The van der Waals surface area contributed by atoms with Crippen LogP contribution in [0.25, 0.3) is 0 Å². The third-order valence-electron chi connectivity index (χ3n) is 2.61. The first-order valence-electron chi connectivity index (χ1n) is 5.93. The highest BCUT2D eigenvalue weighted by Gasteiger charge is 2.10. The van der Waals surface area contributed by atoms with Gasteiger partial charge in [0, 0.05) is 33.0 Å². The van der Waals surface area contributed by atoms with Crippen LogP contribution in [-0.4, -0.2) is 16.8 Å². The number of hydrazine groups is 1. The Morgan fingerprint density at radius 3 is 3.00 bits per heavy atom. The van der Waals surface area contributed by atoms with Crippen LogP contribution < -0.4 is 11.3 Å². The van der Waals surface area contributed by atoms with Gasteiger partial charge in [-0.2, -0.15) is 0 Å². The normalized spacial score (nSPS) is 12.6. The van der Waals surface area contributed by atoms with E-state index in [0.29, 0.717) is 0 Å². The topological polar surface area (TPSA) is 50.9 Å². The number of thiazole rings is 1. The molecule has 6 heteroatoms. The molecule has 1 heterocycles. The molecule has 0 aliphatic carbocycles. The number of benzene rings is 1. The van der Waals surface area contributed by atoms with Gasteiger partial charge in [-0.3, -0.25) is 11.3 Å². The summed E-state index contributed by atoms with van der Waals surface area (Å²) in [6.45, 7) is 2.02. The Hall–Kier alpha value is -0.400. The Balaban J connectivity index is 1.89. The number of aryl methyl sites for hydroxylation is 1. The molecule has 0 bridgehead atoms. The number of hydrogen-bond acceptors (Lipinski definition) is 5. The quantitative estimate of drug-likeness (QED) is 0.472. The van der Waals surface area contributed by atoms with Gasteiger partial charge in [-0.05, 0) is 25.1 Å². The molecule has 102 valence electrons. The summed E-state index contributed by atoms with van der Waals surface area (Å²) < 4.78 is 1.10. The molecule has 0 fully saturated rings. The minimum Gasteiger partial charge on any atom is -0.271 e. The Morgan fingerprint density at radius 2 is 2.37 bits per heavy atom. The summed E-state index contributed by atoms with van der Waals surface area (Å²) in [5.41, 5.74) is 3.99. The van der Waals surface area contributed by atoms with Gasteiger partial charge < -0.3 is 0 Å². The number of nitrogens with zero attached hydrogens (tertiary/aromatic N) is 1. The zero-order valence-corrected chi connectivity index (χ0v) is 13.8. The van der Waals surface area contributed by atoms with E-state index in [9.17, 15) is 0 Å². The van der Waals surface area contributed by atoms with Gasteiger partial charge in [0.25, 0.3) is 0 Å². The molecule has 1 atom stereocenters. The van der Waals surface area contributed by atoms with Crippen LogP contribution in [0, 0.1) is 6.92 Å². The fraction of sp³-hybridized carbons (Fsp3) is 0.308. The molecular formula is C13H16BrN3S2. The van der Waals surface area contributed by atoms with E-state index in [2.05, 4.69) is 43.9 Å². The maximum absolute atomic E-state index is 5.62. The van der Waals surface area contributed by atoms with Gasteiger partial charge in [0.05, 0.1) is 10.7 Å². The zero-order chi connectivity index (χ0) is 13.7. The van der Waals surface area contributed by atoms with Crippen molar-refractivity contribution in [2.24, 2.45) is 5.84 Å². The average Bonchev–Trinajstić information content (AvgIpc) is 2.80. The predicted octanol–water partition coefficient (Wildman–Crippen LogP) is 3.38. The van der Waals surface area contributed by atoms with Crippen LogP contribution in [0.5, 0.6) is 0 Å². The Labute approximate surface area is 130 Å². The molecule has 2 rings (SSSR count). The summed E-state index contributed by atoms with van der Waals surface area (Å²) in [6, 6.07) is 8.52. The molecule has 0 radical (unpaired) electrons. The van der Waals surface area contributed by atoms with Crippen LogP contribution in [-0.2, 0) is 6.42 Å². The summed E-state index contributed by atoms with van der Waals surface area (Å²) in [7, 11) is 0. The maximum Gasteiger partial charge on any atom is 0.0897 e. The minimum atomic E-state index is 0.227. The number of nitrogens with one attached hydrogen (secondary N) is 1. The molecule has 1 unspecified atom stereocenters. The molecule has 0 aliphatic rings. The molecular weight excluding hydrogens is 342 g/mol. The van der Waals surface area contributed by atoms with Crippen LogP contribution in [0.15, 0.2) is 39.0 Å². The van der Waals surface area contributed by atoms with Crippen LogP contribution in [0.1, 0.15) is 10.7 Å². The largest absolute Gasteiger partial charge is 0.271 e. The smallest absolute Gasteiger partial charge is 0.0897 e. The molecule has 0 saturated heterocycles. The Morgan fingerprint density at radius 1 is 1.53 bits per heavy atom. The summed E-state index contributed by atoms with van der Waals surface area (Å²) in [5, 5.41) is 3.20. The van der Waals surface area contributed by atoms with E-state index in [1.165, 1.54) is 4.90 Å². The monoisotopic (exact) mass is 357 g/mol. The van der Waals surface area contributed by atoms with Crippen molar-refractivity contribution in [3.05, 3.63) is 44.8 Å². The van der Waals surface area contributed by atoms with E-state index in [1.54, 1.807) is 23.1 Å². The first-order valence-corrected chi connectivity index (χ1v) is 8.58. The third kappa shape index (κ3) is 4.89. The second kappa shape index (κ2) is 7.40. The molecule has 2 aromatic rings. The molecule has 0 aliphatic heterocycles. The highest BCUT2D eigenvalue weighted by atomic mass is 79.9. The first kappa shape index (κ1) is 15.0. The maximum atomic E-state index is 5.62. The van der Waals surface area contributed by atoms with Gasteiger partial charge >= 0.3 is 0 Å². The van der Waals surface area contributed by atoms with Gasteiger partial charge in [0.1, 0.15) is 0 Å². The predicted molar refractivity (Wildman–Crippen MR) is 86.5 cm³/mol. The number of thioether (sulfide) groups is 1. The van der Waals surface area contributed by atoms with Crippen molar-refractivity contribution >= 4 is 39.0 Å². The number of aromatic nitrogens is 1. The van der Waals surface area contributed by atoms with E-state index < -0.39 is 0 Å². The number of nitrogens with two attached hydrogens (primary N) is 1. The van der Waals surface area contributed by atoms with E-state index in [4.69, 9.17) is 5.84 Å². The lowest BCUT2D eigenvalue weighted by atomic mass is 10.2. The highest BCUT2D eigenvalue weighted by Crippen LogP contribution is 2.23. The van der Waals surface area contributed by atoms with Gasteiger partial charge in [-0.1, -0.05) is 22.0 Å². The molecule has 0 saturated carbocycles. The van der Waals surface area contributed by atoms with Gasteiger partial charge in [0.15, 0.2) is 0 Å². The second-order valence-electron chi connectivity index (χ2n) is 4.19. The minimum absolute atomic E-state index is 0.227. The number of halogens is 1. The fourth-order valence-corrected chi connectivity index (χ4v) is 3.84. The number of rotatable bonds is 6. The SMILES string of the molecule is Cc1nc(CC(CSc2cccc(Br)c2)NN)cs1. The van der Waals surface area contributed by atoms with Crippen molar-refractivity contribution in [3.63, 3.8) is 0 Å². The third-order valence-corrected chi connectivity index (χ3v) is 5.08. The van der Waals surface area contributed by atoms with Crippen molar-refractivity contribution in [2.75, 3.05) is 5.75 Å². The summed E-state index contributed by atoms with van der Waals surface area (Å²) >= 11 is 6.96. The molecule has 1 aromatic heterocycles. The van der Waals surface area contributed by atoms with E-state index in [0.717, 1.165) is 27.3 Å². The Bertz CT molecular complexity index is 530. The molecule has 0 amide bonds. The van der Waals surface area contributed by atoms with Gasteiger partial charge in [0.2, 0.25) is 0 Å². The van der Waals surface area contributed by atoms with Crippen LogP contribution in [0.2, 0.25) is 0 Å². The lowest BCUT2D eigenvalue weighted by Gasteiger charge is -2.14. The molecule has 1 aromatic carbocycles. The van der Waals surface area contributed by atoms with Crippen molar-refractivity contribution in [1.82, 2.24) is 10.4 Å². The summed E-state index contributed by atoms with van der Waals surface area (Å²) in [6.07, 6.45) is 0.863. The van der Waals surface area contributed by atoms with E-state index in [1.807, 2.05) is 19.1 Å². The van der Waals surface area contributed by atoms with Crippen molar-refractivity contribution in [1.29, 1.82) is 0 Å². The van der Waals surface area contributed by atoms with E-state index >= 15 is 0 Å². The van der Waals surface area contributed by atoms with Crippen LogP contribution in [0.4, 0.5) is 0 Å². The lowest BCUT2D eigenvalue weighted by molar-refractivity contribution is 0.570. The fourth-order valence-electron chi connectivity index (χ4n) is 1.67. The Kier molecular flexibility index (Phi) is 5.84. The zero-order valence-electron chi connectivity index (χ0n) is 10.6. The summed E-state index contributed by atoms with van der Waals surface area (Å²) in [5.74, 6) is 6.54. The van der Waals surface area contributed by atoms with Gasteiger partial charge in [-0.25, -0.2) is 4.98 Å². The molecule has 3 N–H and O–H groups in total. The molecule has 0 spiro atoms.